The minimum absolute atomic E-state index is 0.0110. The van der Waals surface area contributed by atoms with Crippen LogP contribution in [-0.2, 0) is 6.54 Å². The van der Waals surface area contributed by atoms with E-state index < -0.39 is 0 Å². The van der Waals surface area contributed by atoms with Gasteiger partial charge in [-0.2, -0.15) is 0 Å². The Balaban J connectivity index is 1.48. The first kappa shape index (κ1) is 23.8. The summed E-state index contributed by atoms with van der Waals surface area (Å²) in [5.74, 6) is -1.05. The molecule has 0 radical (unpaired) electrons. The molecule has 1 aliphatic heterocycles. The van der Waals surface area contributed by atoms with E-state index in [0.717, 1.165) is 19.4 Å². The van der Waals surface area contributed by atoms with Gasteiger partial charge in [0.25, 0.3) is 11.8 Å². The van der Waals surface area contributed by atoms with Crippen LogP contribution in [0.3, 0.4) is 0 Å². The lowest BCUT2D eigenvalue weighted by atomic mass is 10.1. The number of hydrogen-bond donors (Lipinski definition) is 4. The summed E-state index contributed by atoms with van der Waals surface area (Å²) < 4.78 is 14.2. The lowest BCUT2D eigenvalue weighted by Gasteiger charge is -2.23. The predicted molar refractivity (Wildman–Crippen MR) is 131 cm³/mol. The molecule has 176 valence electrons. The predicted octanol–water partition coefficient (Wildman–Crippen LogP) is 3.04. The third kappa shape index (κ3) is 5.95. The number of rotatable bonds is 6. The molecule has 34 heavy (non-hydrogen) atoms. The van der Waals surface area contributed by atoms with E-state index in [1.807, 2.05) is 0 Å². The molecule has 1 atom stereocenters. The van der Waals surface area contributed by atoms with Crippen molar-refractivity contribution in [3.05, 3.63) is 75.8 Å². The van der Waals surface area contributed by atoms with Crippen LogP contribution in [0, 0.1) is 5.82 Å². The van der Waals surface area contributed by atoms with Gasteiger partial charge in [-0.05, 0) is 55.3 Å². The Bertz CT molecular complexity index is 1200. The molecule has 2 aromatic carbocycles. The molecule has 2 amide bonds. The fourth-order valence-corrected chi connectivity index (χ4v) is 4.26. The van der Waals surface area contributed by atoms with Crippen LogP contribution in [0.2, 0.25) is 0 Å². The smallest absolute Gasteiger partial charge is 0.274 e. The van der Waals surface area contributed by atoms with Gasteiger partial charge in [0.2, 0.25) is 0 Å². The first-order valence-corrected chi connectivity index (χ1v) is 11.7. The summed E-state index contributed by atoms with van der Waals surface area (Å²) in [5.41, 5.74) is 8.03. The molecule has 4 rings (SSSR count). The van der Waals surface area contributed by atoms with Gasteiger partial charge in [-0.25, -0.2) is 14.4 Å². The highest BCUT2D eigenvalue weighted by Gasteiger charge is 2.20. The van der Waals surface area contributed by atoms with E-state index in [1.54, 1.807) is 30.3 Å². The molecule has 1 fully saturated rings. The van der Waals surface area contributed by atoms with Crippen LogP contribution in [-0.4, -0.2) is 40.9 Å². The number of nitrogen functional groups attached to an aromatic ring is 1. The number of amides is 2. The lowest BCUT2D eigenvalue weighted by molar-refractivity contribution is 0.0923. The molecule has 1 aromatic heterocycles. The molecule has 0 saturated carbocycles. The van der Waals surface area contributed by atoms with Crippen molar-refractivity contribution in [1.82, 2.24) is 25.9 Å². The highest BCUT2D eigenvalue weighted by Crippen LogP contribution is 2.21. The Hall–Kier alpha value is -3.37. The van der Waals surface area contributed by atoms with Gasteiger partial charge in [0, 0.05) is 34.7 Å². The van der Waals surface area contributed by atoms with Gasteiger partial charge in [0.15, 0.2) is 11.5 Å². The Morgan fingerprint density at radius 2 is 2.06 bits per heavy atom. The molecule has 0 unspecified atom stereocenters. The van der Waals surface area contributed by atoms with Crippen molar-refractivity contribution < 1.29 is 14.0 Å². The maximum Gasteiger partial charge on any atom is 0.274 e. The molecule has 10 heteroatoms. The summed E-state index contributed by atoms with van der Waals surface area (Å²) in [6.07, 6.45) is 3.34. The fraction of sp³-hybridized carbons (Fsp3) is 0.250. The highest BCUT2D eigenvalue weighted by atomic mass is 79.9. The van der Waals surface area contributed by atoms with Gasteiger partial charge in [0.05, 0.1) is 11.9 Å². The Morgan fingerprint density at radius 1 is 1.21 bits per heavy atom. The van der Waals surface area contributed by atoms with Crippen LogP contribution in [0.1, 0.15) is 39.3 Å². The molecule has 5 N–H and O–H groups in total. The Kier molecular flexibility index (Phi) is 7.49. The Labute approximate surface area is 204 Å². The number of anilines is 1. The molecule has 0 spiro atoms. The van der Waals surface area contributed by atoms with E-state index in [-0.39, 0.29) is 41.7 Å². The number of halogens is 2. The van der Waals surface area contributed by atoms with Gasteiger partial charge in [-0.15, -0.1) is 0 Å². The normalized spacial score (nSPS) is 15.5. The maximum absolute atomic E-state index is 13.6. The van der Waals surface area contributed by atoms with Crippen molar-refractivity contribution in [1.29, 1.82) is 0 Å². The topological polar surface area (TPSA) is 122 Å². The zero-order valence-corrected chi connectivity index (χ0v) is 19.9. The van der Waals surface area contributed by atoms with E-state index in [0.29, 0.717) is 33.4 Å². The minimum Gasteiger partial charge on any atom is -0.382 e. The number of aromatic nitrogens is 2. The van der Waals surface area contributed by atoms with Crippen molar-refractivity contribution in [2.24, 2.45) is 0 Å². The van der Waals surface area contributed by atoms with Crippen LogP contribution >= 0.6 is 15.9 Å². The van der Waals surface area contributed by atoms with Crippen molar-refractivity contribution in [2.75, 3.05) is 18.8 Å². The van der Waals surface area contributed by atoms with Gasteiger partial charge >= 0.3 is 0 Å². The zero-order valence-electron chi connectivity index (χ0n) is 18.3. The second-order valence-corrected chi connectivity index (χ2v) is 8.96. The molecule has 0 aliphatic carbocycles. The SMILES string of the molecule is Nc1ncc(-c2cccc(C(=O)NCc3cc(F)cc(Br)c3)c2)nc1C(=O)N[C@H]1CCCNC1. The van der Waals surface area contributed by atoms with E-state index in [1.165, 1.54) is 18.3 Å². The summed E-state index contributed by atoms with van der Waals surface area (Å²) in [6, 6.07) is 11.3. The highest BCUT2D eigenvalue weighted by molar-refractivity contribution is 9.10. The number of nitrogens with one attached hydrogen (secondary N) is 3. The molecule has 1 saturated heterocycles. The molecule has 1 aliphatic rings. The molecule has 3 aromatic rings. The summed E-state index contributed by atoms with van der Waals surface area (Å²) in [5, 5.41) is 8.97. The monoisotopic (exact) mass is 526 g/mol. The molecular weight excluding hydrogens is 503 g/mol. The van der Waals surface area contributed by atoms with Crippen LogP contribution in [0.15, 0.2) is 53.1 Å². The van der Waals surface area contributed by atoms with Crippen LogP contribution in [0.4, 0.5) is 10.2 Å². The number of hydrogen-bond acceptors (Lipinski definition) is 6. The summed E-state index contributed by atoms with van der Waals surface area (Å²) in [7, 11) is 0. The van der Waals surface area contributed by atoms with E-state index >= 15 is 0 Å². The molecule has 2 heterocycles. The third-order valence-electron chi connectivity index (χ3n) is 5.44. The zero-order chi connectivity index (χ0) is 24.1. The quantitative estimate of drug-likeness (QED) is 0.391. The Morgan fingerprint density at radius 3 is 2.82 bits per heavy atom. The van der Waals surface area contributed by atoms with Crippen molar-refractivity contribution >= 4 is 33.6 Å². The maximum atomic E-state index is 13.6. The largest absolute Gasteiger partial charge is 0.382 e. The average molecular weight is 527 g/mol. The average Bonchev–Trinajstić information content (AvgIpc) is 2.83. The number of piperidine rings is 1. The molecule has 0 bridgehead atoms. The number of benzene rings is 2. The minimum atomic E-state index is -0.387. The first-order chi connectivity index (χ1) is 16.4. The molecular formula is C24H24BrFN6O2. The van der Waals surface area contributed by atoms with Gasteiger partial charge in [-0.1, -0.05) is 28.1 Å². The van der Waals surface area contributed by atoms with E-state index in [9.17, 15) is 14.0 Å². The first-order valence-electron chi connectivity index (χ1n) is 10.9. The van der Waals surface area contributed by atoms with Crippen LogP contribution in [0.25, 0.3) is 11.3 Å². The second kappa shape index (κ2) is 10.7. The summed E-state index contributed by atoms with van der Waals surface area (Å²) >= 11 is 3.24. The van der Waals surface area contributed by atoms with Gasteiger partial charge in [0.1, 0.15) is 5.82 Å². The number of carbonyl (C=O) groups excluding carboxylic acids is 2. The molecule has 8 nitrogen and oxygen atoms in total. The standard InChI is InChI=1S/C24H24BrFN6O2/c25-17-7-14(8-18(26)10-17)11-30-23(33)16-4-1-3-15(9-16)20-13-29-22(27)21(32-20)24(34)31-19-5-2-6-28-12-19/h1,3-4,7-10,13,19,28H,2,5-6,11-12H2,(H2,27,29)(H,30,33)(H,31,34)/t19-/m0/s1. The fourth-order valence-electron chi connectivity index (χ4n) is 3.75. The number of nitrogens with two attached hydrogens (primary N) is 1. The summed E-state index contributed by atoms with van der Waals surface area (Å²) in [6.45, 7) is 1.80. The van der Waals surface area contributed by atoms with Crippen LogP contribution in [0.5, 0.6) is 0 Å². The lowest BCUT2D eigenvalue weighted by Crippen LogP contribution is -2.46. The number of nitrogens with zero attached hydrogens (tertiary/aromatic N) is 2. The van der Waals surface area contributed by atoms with Crippen molar-refractivity contribution in [2.45, 2.75) is 25.4 Å². The van der Waals surface area contributed by atoms with E-state index in [2.05, 4.69) is 41.8 Å². The second-order valence-electron chi connectivity index (χ2n) is 8.05. The third-order valence-corrected chi connectivity index (χ3v) is 5.90. The van der Waals surface area contributed by atoms with Crippen LogP contribution < -0.4 is 21.7 Å². The van der Waals surface area contributed by atoms with Crippen molar-refractivity contribution in [3.8, 4) is 11.3 Å². The number of carbonyl (C=O) groups is 2. The van der Waals surface area contributed by atoms with E-state index in [4.69, 9.17) is 5.73 Å². The van der Waals surface area contributed by atoms with Crippen molar-refractivity contribution in [3.63, 3.8) is 0 Å². The van der Waals surface area contributed by atoms with Gasteiger partial charge < -0.3 is 21.7 Å². The summed E-state index contributed by atoms with van der Waals surface area (Å²) in [4.78, 5) is 34.0. The van der Waals surface area contributed by atoms with Gasteiger partial charge in [-0.3, -0.25) is 9.59 Å².